The molecule has 2 rings (SSSR count). The van der Waals surface area contributed by atoms with Gasteiger partial charge in [0.1, 0.15) is 0 Å². The molecular weight excluding hydrogens is 313 g/mol. The molecule has 116 valence electrons. The van der Waals surface area contributed by atoms with E-state index in [-0.39, 0.29) is 12.1 Å². The van der Waals surface area contributed by atoms with Crippen LogP contribution in [0, 0.1) is 0 Å². The van der Waals surface area contributed by atoms with Gasteiger partial charge in [-0.15, -0.1) is 0 Å². The molecule has 0 aromatic carbocycles. The van der Waals surface area contributed by atoms with Gasteiger partial charge in [0.25, 0.3) is 0 Å². The van der Waals surface area contributed by atoms with Crippen molar-refractivity contribution in [3.63, 3.8) is 0 Å². The summed E-state index contributed by atoms with van der Waals surface area (Å²) in [6, 6.07) is 1.67. The summed E-state index contributed by atoms with van der Waals surface area (Å²) in [6.45, 7) is 3.16. The molecule has 2 heterocycles. The normalized spacial score (nSPS) is 14.5. The molecule has 0 aliphatic carbocycles. The number of aliphatic hydroxyl groups excluding tert-OH is 1. The maximum atomic E-state index is 9.16. The molecule has 0 spiro atoms. The zero-order chi connectivity index (χ0) is 15.5. The maximum absolute atomic E-state index is 9.16. The molecule has 7 heteroatoms. The number of imidazole rings is 1. The lowest BCUT2D eigenvalue weighted by Crippen LogP contribution is -2.46. The van der Waals surface area contributed by atoms with Crippen LogP contribution >= 0.6 is 23.2 Å². The summed E-state index contributed by atoms with van der Waals surface area (Å²) in [5.74, 6) is 0. The Morgan fingerprint density at radius 1 is 1.43 bits per heavy atom. The van der Waals surface area contributed by atoms with E-state index in [0.29, 0.717) is 35.3 Å². The second-order valence-electron chi connectivity index (χ2n) is 5.29. The molecule has 2 aromatic heterocycles. The molecule has 0 aliphatic rings. The van der Waals surface area contributed by atoms with Crippen LogP contribution < -0.4 is 5.32 Å². The lowest BCUT2D eigenvalue weighted by atomic mass is 9.99. The van der Waals surface area contributed by atoms with Gasteiger partial charge in [-0.3, -0.25) is 0 Å². The van der Waals surface area contributed by atoms with Crippen molar-refractivity contribution < 1.29 is 9.84 Å². The molecule has 0 bridgehead atoms. The van der Waals surface area contributed by atoms with E-state index >= 15 is 0 Å². The third-order valence-corrected chi connectivity index (χ3v) is 3.83. The largest absolute Gasteiger partial charge is 0.396 e. The Morgan fingerprint density at radius 3 is 2.86 bits per heavy atom. The Kier molecular flexibility index (Phi) is 5.46. The van der Waals surface area contributed by atoms with E-state index in [9.17, 15) is 0 Å². The zero-order valence-electron chi connectivity index (χ0n) is 12.1. The van der Waals surface area contributed by atoms with Gasteiger partial charge >= 0.3 is 0 Å². The van der Waals surface area contributed by atoms with Gasteiger partial charge in [0.2, 0.25) is 0 Å². The van der Waals surface area contributed by atoms with Crippen LogP contribution in [0.4, 0.5) is 0 Å². The van der Waals surface area contributed by atoms with Crippen LogP contribution in [0.1, 0.15) is 19.0 Å². The van der Waals surface area contributed by atoms with Crippen molar-refractivity contribution in [3.05, 3.63) is 34.2 Å². The highest BCUT2D eigenvalue weighted by Crippen LogP contribution is 2.22. The Labute approximate surface area is 133 Å². The fourth-order valence-corrected chi connectivity index (χ4v) is 2.77. The number of nitrogens with one attached hydrogen (secondary N) is 1. The van der Waals surface area contributed by atoms with Crippen molar-refractivity contribution in [1.82, 2.24) is 14.7 Å². The molecule has 2 aromatic rings. The SMILES string of the molecule is COCC(C)(CCO)NCc1cn2cc(Cl)cc(Cl)c2n1. The average Bonchev–Trinajstić information content (AvgIpc) is 2.80. The fourth-order valence-electron chi connectivity index (χ4n) is 2.24. The second kappa shape index (κ2) is 6.94. The Morgan fingerprint density at radius 2 is 2.19 bits per heavy atom. The van der Waals surface area contributed by atoms with Gasteiger partial charge in [-0.05, 0) is 19.4 Å². The standard InChI is InChI=1S/C14H19Cl2N3O2/c1-14(3-4-20,9-21-2)17-6-11-8-19-7-10(15)5-12(16)13(19)18-11/h5,7-8,17,20H,3-4,6,9H2,1-2H3. The first-order chi connectivity index (χ1) is 9.97. The minimum Gasteiger partial charge on any atom is -0.396 e. The number of halogens is 2. The number of nitrogens with zero attached hydrogens (tertiary/aromatic N) is 2. The van der Waals surface area contributed by atoms with Crippen LogP contribution in [0.15, 0.2) is 18.5 Å². The van der Waals surface area contributed by atoms with Crippen molar-refractivity contribution in [1.29, 1.82) is 0 Å². The number of pyridine rings is 1. The summed E-state index contributed by atoms with van der Waals surface area (Å²) in [5, 5.41) is 13.6. The first-order valence-corrected chi connectivity index (χ1v) is 7.40. The molecule has 0 aliphatic heterocycles. The summed E-state index contributed by atoms with van der Waals surface area (Å²) >= 11 is 12.1. The molecule has 1 unspecified atom stereocenters. The molecule has 5 nitrogen and oxygen atoms in total. The molecule has 0 saturated heterocycles. The molecule has 1 atom stereocenters. The van der Waals surface area contributed by atoms with E-state index in [1.807, 2.05) is 13.1 Å². The van der Waals surface area contributed by atoms with Gasteiger partial charge in [-0.2, -0.15) is 0 Å². The van der Waals surface area contributed by atoms with E-state index in [0.717, 1.165) is 5.69 Å². The number of hydrogen-bond donors (Lipinski definition) is 2. The highest BCUT2D eigenvalue weighted by molar-refractivity contribution is 6.36. The van der Waals surface area contributed by atoms with E-state index in [1.165, 1.54) is 0 Å². The highest BCUT2D eigenvalue weighted by Gasteiger charge is 2.23. The zero-order valence-corrected chi connectivity index (χ0v) is 13.6. The Hall–Kier alpha value is -0.850. The number of hydrogen-bond acceptors (Lipinski definition) is 4. The average molecular weight is 332 g/mol. The third-order valence-electron chi connectivity index (χ3n) is 3.35. The van der Waals surface area contributed by atoms with Crippen molar-refractivity contribution in [2.24, 2.45) is 0 Å². The van der Waals surface area contributed by atoms with Crippen molar-refractivity contribution >= 4 is 28.8 Å². The molecule has 21 heavy (non-hydrogen) atoms. The summed E-state index contributed by atoms with van der Waals surface area (Å²) in [4.78, 5) is 4.48. The van der Waals surface area contributed by atoms with E-state index in [1.54, 1.807) is 23.8 Å². The molecule has 0 amide bonds. The number of aliphatic hydroxyl groups is 1. The van der Waals surface area contributed by atoms with Gasteiger partial charge < -0.3 is 19.6 Å². The predicted octanol–water partition coefficient (Wildman–Crippen LogP) is 2.52. The Balaban J connectivity index is 2.14. The first-order valence-electron chi connectivity index (χ1n) is 6.65. The minimum absolute atomic E-state index is 0.0967. The molecular formula is C14H19Cl2N3O2. The van der Waals surface area contributed by atoms with Crippen molar-refractivity contribution in [3.8, 4) is 0 Å². The second-order valence-corrected chi connectivity index (χ2v) is 6.13. The molecule has 2 N–H and O–H groups in total. The quantitative estimate of drug-likeness (QED) is 0.818. The lowest BCUT2D eigenvalue weighted by Gasteiger charge is -2.29. The van der Waals surface area contributed by atoms with Crippen molar-refractivity contribution in [2.45, 2.75) is 25.4 Å². The smallest absolute Gasteiger partial charge is 0.156 e. The van der Waals surface area contributed by atoms with Crippen LogP contribution in [0.25, 0.3) is 5.65 Å². The topological polar surface area (TPSA) is 58.8 Å². The number of ether oxygens (including phenoxy) is 1. The van der Waals surface area contributed by atoms with Crippen LogP contribution in [-0.4, -0.2) is 40.4 Å². The van der Waals surface area contributed by atoms with E-state index in [4.69, 9.17) is 33.0 Å². The predicted molar refractivity (Wildman–Crippen MR) is 84.0 cm³/mol. The monoisotopic (exact) mass is 331 g/mol. The molecule has 0 radical (unpaired) electrons. The minimum atomic E-state index is -0.305. The van der Waals surface area contributed by atoms with Gasteiger partial charge in [-0.1, -0.05) is 23.2 Å². The molecule has 0 fully saturated rings. The van der Waals surface area contributed by atoms with Gasteiger partial charge in [0.15, 0.2) is 5.65 Å². The Bertz CT molecular complexity index is 610. The third kappa shape index (κ3) is 4.08. The molecule has 0 saturated carbocycles. The number of aromatic nitrogens is 2. The number of methoxy groups -OCH3 is 1. The van der Waals surface area contributed by atoms with Crippen molar-refractivity contribution in [2.75, 3.05) is 20.3 Å². The number of fused-ring (bicyclic) bond motifs is 1. The fraction of sp³-hybridized carbons (Fsp3) is 0.500. The number of rotatable bonds is 7. The van der Waals surface area contributed by atoms with E-state index in [2.05, 4.69) is 10.3 Å². The van der Waals surface area contributed by atoms with Crippen LogP contribution in [0.3, 0.4) is 0 Å². The van der Waals surface area contributed by atoms with Crippen LogP contribution in [0.2, 0.25) is 10.0 Å². The van der Waals surface area contributed by atoms with Gasteiger partial charge in [0, 0.05) is 38.2 Å². The van der Waals surface area contributed by atoms with Crippen LogP contribution in [-0.2, 0) is 11.3 Å². The summed E-state index contributed by atoms with van der Waals surface area (Å²) in [5.41, 5.74) is 1.22. The van der Waals surface area contributed by atoms with E-state index < -0.39 is 0 Å². The summed E-state index contributed by atoms with van der Waals surface area (Å²) < 4.78 is 7.01. The lowest BCUT2D eigenvalue weighted by molar-refractivity contribution is 0.0967. The summed E-state index contributed by atoms with van der Waals surface area (Å²) in [7, 11) is 1.64. The summed E-state index contributed by atoms with van der Waals surface area (Å²) in [6.07, 6.45) is 4.24. The van der Waals surface area contributed by atoms with Gasteiger partial charge in [-0.25, -0.2) is 4.98 Å². The maximum Gasteiger partial charge on any atom is 0.156 e. The first kappa shape index (κ1) is 16.5. The van der Waals surface area contributed by atoms with Gasteiger partial charge in [0.05, 0.1) is 22.3 Å². The highest BCUT2D eigenvalue weighted by atomic mass is 35.5. The van der Waals surface area contributed by atoms with Crippen LogP contribution in [0.5, 0.6) is 0 Å².